The van der Waals surface area contributed by atoms with E-state index in [1.54, 1.807) is 24.1 Å². The average Bonchev–Trinajstić information content (AvgIpc) is 3.00. The van der Waals surface area contributed by atoms with Crippen molar-refractivity contribution in [1.82, 2.24) is 25.1 Å². The molecule has 1 amide bonds. The molecule has 0 fully saturated rings. The Hall–Kier alpha value is -2.71. The maximum atomic E-state index is 14.1. The highest BCUT2D eigenvalue weighted by Crippen LogP contribution is 2.27. The zero-order valence-electron chi connectivity index (χ0n) is 13.5. The number of nitrogens with two attached hydrogens (primary N) is 1. The molecule has 26 heavy (non-hydrogen) atoms. The van der Waals surface area contributed by atoms with Gasteiger partial charge < -0.3 is 11.1 Å². The first-order valence-electron chi connectivity index (χ1n) is 7.39. The number of carbonyl (C=O) groups is 1. The van der Waals surface area contributed by atoms with E-state index in [9.17, 15) is 9.18 Å². The smallest absolute Gasteiger partial charge is 0.271 e. The summed E-state index contributed by atoms with van der Waals surface area (Å²) in [6, 6.07) is 4.00. The van der Waals surface area contributed by atoms with Crippen LogP contribution in [0.4, 0.5) is 10.2 Å². The highest BCUT2D eigenvalue weighted by Gasteiger charge is 2.20. The van der Waals surface area contributed by atoms with Crippen LogP contribution in [0.5, 0.6) is 0 Å². The molecule has 0 saturated carbocycles. The summed E-state index contributed by atoms with van der Waals surface area (Å²) in [5.74, 6) is -1.39. The fraction of sp³-hybridized carbons (Fsp3) is 0.125. The lowest BCUT2D eigenvalue weighted by atomic mass is 10.2. The maximum Gasteiger partial charge on any atom is 0.271 e. The molecule has 0 spiro atoms. The van der Waals surface area contributed by atoms with Gasteiger partial charge in [-0.05, 0) is 18.2 Å². The molecule has 0 bridgehead atoms. The predicted molar refractivity (Wildman–Crippen MR) is 96.2 cm³/mol. The van der Waals surface area contributed by atoms with Crippen molar-refractivity contribution in [3.8, 4) is 11.4 Å². The molecule has 134 valence electrons. The molecule has 7 nitrogen and oxygen atoms in total. The van der Waals surface area contributed by atoms with Crippen LogP contribution in [0.15, 0.2) is 30.6 Å². The Morgan fingerprint density at radius 3 is 2.77 bits per heavy atom. The van der Waals surface area contributed by atoms with Gasteiger partial charge in [0, 0.05) is 30.4 Å². The van der Waals surface area contributed by atoms with Gasteiger partial charge in [0.2, 0.25) is 0 Å². The highest BCUT2D eigenvalue weighted by atomic mass is 35.5. The highest BCUT2D eigenvalue weighted by molar-refractivity contribution is 6.35. The van der Waals surface area contributed by atoms with Gasteiger partial charge in [-0.25, -0.2) is 14.4 Å². The number of rotatable bonds is 4. The molecule has 2 aromatic heterocycles. The average molecular weight is 395 g/mol. The quantitative estimate of drug-likeness (QED) is 0.708. The third kappa shape index (κ3) is 3.76. The van der Waals surface area contributed by atoms with Crippen LogP contribution in [-0.4, -0.2) is 25.7 Å². The molecule has 0 aliphatic rings. The van der Waals surface area contributed by atoms with Crippen LogP contribution in [0.1, 0.15) is 16.1 Å². The largest absolute Gasteiger partial charge is 0.382 e. The summed E-state index contributed by atoms with van der Waals surface area (Å²) in [7, 11) is 1.76. The number of nitrogens with zero attached hydrogens (tertiary/aromatic N) is 4. The number of aryl methyl sites for hydroxylation is 1. The Bertz CT molecular complexity index is 991. The zero-order valence-corrected chi connectivity index (χ0v) is 15.0. The minimum atomic E-state index is -0.638. The molecule has 0 radical (unpaired) electrons. The molecule has 0 aliphatic heterocycles. The van der Waals surface area contributed by atoms with Gasteiger partial charge in [0.1, 0.15) is 16.7 Å². The van der Waals surface area contributed by atoms with Crippen molar-refractivity contribution in [3.63, 3.8) is 0 Å². The van der Waals surface area contributed by atoms with Crippen LogP contribution in [0.2, 0.25) is 10.0 Å². The number of nitrogens with one attached hydrogen (secondary N) is 1. The molecule has 0 unspecified atom stereocenters. The van der Waals surface area contributed by atoms with Crippen molar-refractivity contribution >= 4 is 34.9 Å². The third-order valence-corrected chi connectivity index (χ3v) is 4.08. The number of benzene rings is 1. The summed E-state index contributed by atoms with van der Waals surface area (Å²) in [5.41, 5.74) is 6.47. The Balaban J connectivity index is 1.91. The molecule has 2 heterocycles. The standard InChI is InChI=1S/C16H13Cl2FN6O/c1-25-7-8(6-22-25)5-21-16(26)13-12(18)14(20)24-15(23-13)10-3-2-9(17)4-11(10)19/h2-4,6-7H,5H2,1H3,(H,21,26)(H2,20,23,24). The summed E-state index contributed by atoms with van der Waals surface area (Å²) in [5, 5.41) is 6.79. The van der Waals surface area contributed by atoms with Gasteiger partial charge in [-0.2, -0.15) is 5.10 Å². The fourth-order valence-electron chi connectivity index (χ4n) is 2.24. The SMILES string of the molecule is Cn1cc(CNC(=O)c2nc(-c3ccc(Cl)cc3F)nc(N)c2Cl)cn1. The van der Waals surface area contributed by atoms with Crippen molar-refractivity contribution in [2.45, 2.75) is 6.54 Å². The second-order valence-electron chi connectivity index (χ2n) is 5.42. The molecule has 0 atom stereocenters. The second-order valence-corrected chi connectivity index (χ2v) is 6.24. The van der Waals surface area contributed by atoms with Crippen LogP contribution in [0.25, 0.3) is 11.4 Å². The van der Waals surface area contributed by atoms with Crippen LogP contribution in [-0.2, 0) is 13.6 Å². The molecule has 3 N–H and O–H groups in total. The van der Waals surface area contributed by atoms with E-state index in [1.165, 1.54) is 12.1 Å². The van der Waals surface area contributed by atoms with E-state index in [1.807, 2.05) is 0 Å². The summed E-state index contributed by atoms with van der Waals surface area (Å²) >= 11 is 11.8. The summed E-state index contributed by atoms with van der Waals surface area (Å²) < 4.78 is 15.7. The maximum absolute atomic E-state index is 14.1. The molecule has 0 saturated heterocycles. The first kappa shape index (κ1) is 18.1. The number of hydrogen-bond acceptors (Lipinski definition) is 5. The number of aromatic nitrogens is 4. The lowest BCUT2D eigenvalue weighted by Gasteiger charge is -2.10. The Morgan fingerprint density at radius 2 is 2.12 bits per heavy atom. The third-order valence-electron chi connectivity index (χ3n) is 3.48. The van der Waals surface area contributed by atoms with Crippen molar-refractivity contribution in [3.05, 3.63) is 57.7 Å². The van der Waals surface area contributed by atoms with Gasteiger partial charge in [0.15, 0.2) is 11.5 Å². The van der Waals surface area contributed by atoms with Crippen LogP contribution >= 0.6 is 23.2 Å². The summed E-state index contributed by atoms with van der Waals surface area (Å²) in [6.45, 7) is 0.220. The predicted octanol–water partition coefficient (Wildman–Crippen LogP) is 2.84. The summed E-state index contributed by atoms with van der Waals surface area (Å²) in [6.07, 6.45) is 3.37. The van der Waals surface area contributed by atoms with Crippen LogP contribution in [0, 0.1) is 5.82 Å². The normalized spacial score (nSPS) is 10.8. The van der Waals surface area contributed by atoms with Gasteiger partial charge in [0.25, 0.3) is 5.91 Å². The number of anilines is 1. The van der Waals surface area contributed by atoms with Crippen molar-refractivity contribution in [1.29, 1.82) is 0 Å². The van der Waals surface area contributed by atoms with Gasteiger partial charge >= 0.3 is 0 Å². The van der Waals surface area contributed by atoms with E-state index in [-0.39, 0.29) is 39.5 Å². The monoisotopic (exact) mass is 394 g/mol. The van der Waals surface area contributed by atoms with E-state index >= 15 is 0 Å². The number of nitrogen functional groups attached to an aromatic ring is 1. The van der Waals surface area contributed by atoms with E-state index in [0.717, 1.165) is 11.6 Å². The number of carbonyl (C=O) groups excluding carboxylic acids is 1. The number of amides is 1. The minimum Gasteiger partial charge on any atom is -0.382 e. The lowest BCUT2D eigenvalue weighted by Crippen LogP contribution is -2.25. The molecular weight excluding hydrogens is 382 g/mol. The Morgan fingerprint density at radius 1 is 1.35 bits per heavy atom. The van der Waals surface area contributed by atoms with E-state index in [4.69, 9.17) is 28.9 Å². The van der Waals surface area contributed by atoms with Crippen LogP contribution in [0.3, 0.4) is 0 Å². The minimum absolute atomic E-state index is 0.0547. The molecule has 3 aromatic rings. The van der Waals surface area contributed by atoms with Crippen molar-refractivity contribution in [2.24, 2.45) is 7.05 Å². The van der Waals surface area contributed by atoms with Gasteiger partial charge in [-0.3, -0.25) is 9.48 Å². The van der Waals surface area contributed by atoms with Gasteiger partial charge in [-0.15, -0.1) is 0 Å². The first-order chi connectivity index (χ1) is 12.3. The number of hydrogen-bond donors (Lipinski definition) is 2. The molecule has 10 heteroatoms. The molecule has 3 rings (SSSR count). The number of halogens is 3. The van der Waals surface area contributed by atoms with E-state index < -0.39 is 11.7 Å². The van der Waals surface area contributed by atoms with E-state index in [2.05, 4.69) is 20.4 Å². The zero-order chi connectivity index (χ0) is 18.8. The Kier molecular flexibility index (Phi) is 5.06. The van der Waals surface area contributed by atoms with Crippen LogP contribution < -0.4 is 11.1 Å². The first-order valence-corrected chi connectivity index (χ1v) is 8.15. The fourth-order valence-corrected chi connectivity index (χ4v) is 2.56. The van der Waals surface area contributed by atoms with E-state index in [0.29, 0.717) is 0 Å². The molecule has 1 aromatic carbocycles. The summed E-state index contributed by atoms with van der Waals surface area (Å²) in [4.78, 5) is 20.5. The van der Waals surface area contributed by atoms with Crippen molar-refractivity contribution in [2.75, 3.05) is 5.73 Å². The van der Waals surface area contributed by atoms with Gasteiger partial charge in [0.05, 0.1) is 11.8 Å². The van der Waals surface area contributed by atoms with Gasteiger partial charge in [-0.1, -0.05) is 23.2 Å². The lowest BCUT2D eigenvalue weighted by molar-refractivity contribution is 0.0946. The topological polar surface area (TPSA) is 98.7 Å². The second kappa shape index (κ2) is 7.27. The Labute approximate surface area is 158 Å². The molecular formula is C16H13Cl2FN6O. The van der Waals surface area contributed by atoms with Crippen molar-refractivity contribution < 1.29 is 9.18 Å². The molecule has 0 aliphatic carbocycles.